The SMILES string of the molecule is O=C(CC12CC(c3ccn(C4CC(OC(F)(F)F)C4)n3)(C1)C2)[C@H]1C[C@@H](O)c2cc(Cl)ccc2O1. The topological polar surface area (TPSA) is 73.6 Å². The Morgan fingerprint density at radius 1 is 1.24 bits per heavy atom. The molecule has 4 aliphatic carbocycles. The van der Waals surface area contributed by atoms with E-state index in [1.54, 1.807) is 22.9 Å². The summed E-state index contributed by atoms with van der Waals surface area (Å²) >= 11 is 6.00. The molecule has 1 aromatic heterocycles. The van der Waals surface area contributed by atoms with Gasteiger partial charge in [-0.2, -0.15) is 5.10 Å². The maximum absolute atomic E-state index is 13.0. The summed E-state index contributed by atoms with van der Waals surface area (Å²) < 4.78 is 48.7. The Balaban J connectivity index is 1.03. The molecule has 7 rings (SSSR count). The lowest BCUT2D eigenvalue weighted by Crippen LogP contribution is -2.65. The molecule has 5 aliphatic rings. The number of aliphatic hydroxyl groups is 1. The van der Waals surface area contributed by atoms with Gasteiger partial charge in [0.15, 0.2) is 11.9 Å². The van der Waals surface area contributed by atoms with Crippen LogP contribution in [-0.2, 0) is 14.9 Å². The van der Waals surface area contributed by atoms with Crippen LogP contribution in [-0.4, -0.2) is 39.2 Å². The van der Waals surface area contributed by atoms with E-state index in [-0.39, 0.29) is 29.1 Å². The molecule has 0 radical (unpaired) electrons. The normalized spacial score (nSPS) is 35.9. The Bertz CT molecular complexity index is 1120. The summed E-state index contributed by atoms with van der Waals surface area (Å²) in [6.45, 7) is 0. The molecule has 0 spiro atoms. The maximum atomic E-state index is 13.0. The number of carbonyl (C=O) groups is 1. The minimum absolute atomic E-state index is 0.00338. The Hall–Kier alpha value is -2.10. The zero-order valence-electron chi connectivity index (χ0n) is 18.2. The standard InChI is InChI=1S/C24H24ClF3N2O4/c25-13-1-2-19-16(5-13)17(31)8-20(33-19)18(32)9-22-10-23(11-22,12-22)21-3-4-30(29-21)14-6-15(7-14)34-24(26,27)28/h1-5,14-15,17,20,31H,6-12H2/t14?,15?,17-,20-,22?,23?/m1/s1. The quantitative estimate of drug-likeness (QED) is 0.606. The summed E-state index contributed by atoms with van der Waals surface area (Å²) in [5, 5.41) is 15.6. The van der Waals surface area contributed by atoms with E-state index in [0.29, 0.717) is 35.6 Å². The van der Waals surface area contributed by atoms with Gasteiger partial charge in [0.1, 0.15) is 5.75 Å². The van der Waals surface area contributed by atoms with E-state index in [1.807, 2.05) is 12.3 Å². The molecule has 0 saturated heterocycles. The van der Waals surface area contributed by atoms with Gasteiger partial charge in [-0.1, -0.05) is 11.6 Å². The lowest BCUT2D eigenvalue weighted by Gasteiger charge is -2.70. The third kappa shape index (κ3) is 3.72. The van der Waals surface area contributed by atoms with Crippen molar-refractivity contribution in [1.29, 1.82) is 0 Å². The number of carbonyl (C=O) groups excluding carboxylic acids is 1. The highest BCUT2D eigenvalue weighted by atomic mass is 35.5. The van der Waals surface area contributed by atoms with E-state index in [1.165, 1.54) is 0 Å². The molecule has 0 amide bonds. The zero-order chi connectivity index (χ0) is 23.9. The average molecular weight is 497 g/mol. The summed E-state index contributed by atoms with van der Waals surface area (Å²) in [4.78, 5) is 13.0. The van der Waals surface area contributed by atoms with Crippen LogP contribution in [0.25, 0.3) is 0 Å². The van der Waals surface area contributed by atoms with Gasteiger partial charge in [0.2, 0.25) is 0 Å². The third-order valence-electron chi connectivity index (χ3n) is 7.98. The van der Waals surface area contributed by atoms with Gasteiger partial charge < -0.3 is 9.84 Å². The maximum Gasteiger partial charge on any atom is 0.522 e. The van der Waals surface area contributed by atoms with Crippen molar-refractivity contribution in [3.63, 3.8) is 0 Å². The van der Waals surface area contributed by atoms with Gasteiger partial charge >= 0.3 is 6.36 Å². The largest absolute Gasteiger partial charge is 0.522 e. The van der Waals surface area contributed by atoms with E-state index >= 15 is 0 Å². The highest BCUT2D eigenvalue weighted by molar-refractivity contribution is 6.30. The van der Waals surface area contributed by atoms with Crippen molar-refractivity contribution >= 4 is 17.4 Å². The number of alkyl halides is 3. The van der Waals surface area contributed by atoms with Crippen LogP contribution >= 0.6 is 11.6 Å². The number of aromatic nitrogens is 2. The molecular formula is C24H24ClF3N2O4. The number of ether oxygens (including phenoxy) is 2. The van der Waals surface area contributed by atoms with Crippen LogP contribution in [0, 0.1) is 5.41 Å². The first-order chi connectivity index (χ1) is 16.0. The number of aliphatic hydroxyl groups excluding tert-OH is 1. The number of hydrogen-bond acceptors (Lipinski definition) is 5. The number of hydrogen-bond donors (Lipinski definition) is 1. The predicted molar refractivity (Wildman–Crippen MR) is 114 cm³/mol. The highest BCUT2D eigenvalue weighted by Gasteiger charge is 2.69. The predicted octanol–water partition coefficient (Wildman–Crippen LogP) is 5.04. The van der Waals surface area contributed by atoms with E-state index in [9.17, 15) is 23.1 Å². The molecule has 4 saturated carbocycles. The number of ketones is 1. The molecule has 182 valence electrons. The fraction of sp³-hybridized carbons (Fsp3) is 0.583. The summed E-state index contributed by atoms with van der Waals surface area (Å²) in [6, 6.07) is 6.91. The summed E-state index contributed by atoms with van der Waals surface area (Å²) in [5.74, 6) is 0.503. The Kier molecular flexibility index (Phi) is 4.90. The minimum Gasteiger partial charge on any atom is -0.482 e. The molecule has 0 unspecified atom stereocenters. The van der Waals surface area contributed by atoms with Crippen molar-refractivity contribution in [2.75, 3.05) is 0 Å². The molecule has 6 nitrogen and oxygen atoms in total. The van der Waals surface area contributed by atoms with Gasteiger partial charge in [-0.3, -0.25) is 14.2 Å². The van der Waals surface area contributed by atoms with Gasteiger partial charge in [0.25, 0.3) is 0 Å². The molecule has 2 atom stereocenters. The van der Waals surface area contributed by atoms with E-state index in [4.69, 9.17) is 16.3 Å². The second-order valence-electron chi connectivity index (χ2n) is 10.5. The highest BCUT2D eigenvalue weighted by Crippen LogP contribution is 2.75. The van der Waals surface area contributed by atoms with Crippen LogP contribution in [0.3, 0.4) is 0 Å². The van der Waals surface area contributed by atoms with Gasteiger partial charge in [0.05, 0.1) is 23.9 Å². The van der Waals surface area contributed by atoms with Crippen LogP contribution in [0.1, 0.15) is 68.3 Å². The lowest BCUT2D eigenvalue weighted by molar-refractivity contribution is -0.353. The van der Waals surface area contributed by atoms with Crippen molar-refractivity contribution < 1.29 is 32.5 Å². The third-order valence-corrected chi connectivity index (χ3v) is 8.22. The molecule has 1 aliphatic heterocycles. The molecule has 2 bridgehead atoms. The fourth-order valence-corrected chi connectivity index (χ4v) is 6.60. The molecule has 1 N–H and O–H groups in total. The van der Waals surface area contributed by atoms with Gasteiger partial charge in [-0.15, -0.1) is 13.2 Å². The lowest BCUT2D eigenvalue weighted by atomic mass is 9.33. The number of fused-ring (bicyclic) bond motifs is 1. The number of nitrogens with zero attached hydrogens (tertiary/aromatic N) is 2. The number of benzene rings is 1. The van der Waals surface area contributed by atoms with Crippen molar-refractivity contribution in [3.8, 4) is 5.75 Å². The molecule has 2 aromatic rings. The van der Waals surface area contributed by atoms with Gasteiger partial charge in [-0.05, 0) is 61.8 Å². The second-order valence-corrected chi connectivity index (χ2v) is 10.9. The average Bonchev–Trinajstić information content (AvgIpc) is 3.14. The second kappa shape index (κ2) is 7.45. The summed E-state index contributed by atoms with van der Waals surface area (Å²) in [5.41, 5.74) is 1.49. The summed E-state index contributed by atoms with van der Waals surface area (Å²) in [7, 11) is 0. The van der Waals surface area contributed by atoms with Crippen LogP contribution in [0.15, 0.2) is 30.5 Å². The smallest absolute Gasteiger partial charge is 0.482 e. The van der Waals surface area contributed by atoms with E-state index < -0.39 is 24.7 Å². The first-order valence-electron chi connectivity index (χ1n) is 11.5. The van der Waals surface area contributed by atoms with Crippen molar-refractivity contribution in [1.82, 2.24) is 9.78 Å². The molecule has 2 heterocycles. The number of rotatable bonds is 6. The van der Waals surface area contributed by atoms with Crippen molar-refractivity contribution in [2.24, 2.45) is 5.41 Å². The monoisotopic (exact) mass is 496 g/mol. The first kappa shape index (κ1) is 22.4. The van der Waals surface area contributed by atoms with Crippen LogP contribution in [0.5, 0.6) is 5.75 Å². The zero-order valence-corrected chi connectivity index (χ0v) is 19.0. The molecular weight excluding hydrogens is 473 g/mol. The van der Waals surface area contributed by atoms with Crippen LogP contribution < -0.4 is 4.74 Å². The van der Waals surface area contributed by atoms with E-state index in [0.717, 1.165) is 25.0 Å². The molecule has 34 heavy (non-hydrogen) atoms. The van der Waals surface area contributed by atoms with Crippen molar-refractivity contribution in [2.45, 2.75) is 81.1 Å². The Morgan fingerprint density at radius 2 is 1.97 bits per heavy atom. The van der Waals surface area contributed by atoms with Crippen LogP contribution in [0.4, 0.5) is 13.2 Å². The van der Waals surface area contributed by atoms with E-state index in [2.05, 4.69) is 9.84 Å². The molecule has 4 fully saturated rings. The number of Topliss-reactive ketones (excluding diaryl/α,β-unsaturated/α-hetero) is 1. The first-order valence-corrected chi connectivity index (χ1v) is 11.9. The Labute approximate surface area is 199 Å². The van der Waals surface area contributed by atoms with Crippen molar-refractivity contribution in [3.05, 3.63) is 46.7 Å². The van der Waals surface area contributed by atoms with Crippen LogP contribution in [0.2, 0.25) is 5.02 Å². The van der Waals surface area contributed by atoms with Gasteiger partial charge in [-0.25, -0.2) is 0 Å². The number of halogens is 4. The van der Waals surface area contributed by atoms with Gasteiger partial charge in [0, 0.05) is 35.0 Å². The fourth-order valence-electron chi connectivity index (χ4n) is 6.42. The Morgan fingerprint density at radius 3 is 2.68 bits per heavy atom. The summed E-state index contributed by atoms with van der Waals surface area (Å²) in [6.07, 6.45) is -1.17. The minimum atomic E-state index is -4.60. The molecule has 1 aromatic carbocycles. The molecule has 10 heteroatoms.